The molecule has 3 aromatic rings. The third-order valence-electron chi connectivity index (χ3n) is 3.45. The number of allylic oxidation sites excluding steroid dienone is 2. The third-order valence-corrected chi connectivity index (χ3v) is 3.45. The van der Waals surface area contributed by atoms with Crippen LogP contribution < -0.4 is 5.32 Å². The van der Waals surface area contributed by atoms with Gasteiger partial charge in [0.1, 0.15) is 0 Å². The lowest BCUT2D eigenvalue weighted by atomic mass is 10.2. The Bertz CT molecular complexity index is 834. The van der Waals surface area contributed by atoms with Crippen molar-refractivity contribution in [3.8, 4) is 0 Å². The quantitative estimate of drug-likeness (QED) is 0.653. The molecule has 0 unspecified atom stereocenters. The van der Waals surface area contributed by atoms with Crippen LogP contribution in [0.4, 0.5) is 11.6 Å². The molecule has 0 fully saturated rings. The predicted molar refractivity (Wildman–Crippen MR) is 101 cm³/mol. The van der Waals surface area contributed by atoms with E-state index in [9.17, 15) is 0 Å². The summed E-state index contributed by atoms with van der Waals surface area (Å²) >= 11 is 0. The van der Waals surface area contributed by atoms with Crippen LogP contribution in [0.15, 0.2) is 79.0 Å². The molecule has 0 aliphatic rings. The number of anilines is 2. The van der Waals surface area contributed by atoms with Crippen LogP contribution in [0.1, 0.15) is 16.8 Å². The van der Waals surface area contributed by atoms with Gasteiger partial charge in [-0.1, -0.05) is 66.3 Å². The lowest BCUT2D eigenvalue weighted by Gasteiger charge is -2.05. The zero-order chi connectivity index (χ0) is 16.6. The average Bonchev–Trinajstić information content (AvgIpc) is 2.62. The van der Waals surface area contributed by atoms with E-state index in [1.807, 2.05) is 54.6 Å². The summed E-state index contributed by atoms with van der Waals surface area (Å²) in [6.07, 6.45) is 9.75. The second-order valence-electron chi connectivity index (χ2n) is 5.43. The van der Waals surface area contributed by atoms with E-state index in [0.717, 1.165) is 11.4 Å². The Hall–Kier alpha value is -3.20. The first-order chi connectivity index (χ1) is 11.8. The van der Waals surface area contributed by atoms with E-state index in [4.69, 9.17) is 0 Å². The van der Waals surface area contributed by atoms with Gasteiger partial charge in [-0.3, -0.25) is 0 Å². The first kappa shape index (κ1) is 15.7. The molecule has 24 heavy (non-hydrogen) atoms. The van der Waals surface area contributed by atoms with Gasteiger partial charge in [0.05, 0.1) is 5.69 Å². The van der Waals surface area contributed by atoms with Gasteiger partial charge in [0.2, 0.25) is 5.95 Å². The van der Waals surface area contributed by atoms with Crippen molar-refractivity contribution in [3.63, 3.8) is 0 Å². The lowest BCUT2D eigenvalue weighted by molar-refractivity contribution is 1.15. The molecule has 0 atom stereocenters. The molecular formula is C21H19N3. The van der Waals surface area contributed by atoms with Crippen LogP contribution in [-0.2, 0) is 0 Å². The van der Waals surface area contributed by atoms with E-state index in [1.54, 1.807) is 6.20 Å². The van der Waals surface area contributed by atoms with E-state index in [0.29, 0.717) is 5.95 Å². The maximum atomic E-state index is 4.49. The van der Waals surface area contributed by atoms with Crippen LogP contribution in [0, 0.1) is 6.92 Å². The maximum absolute atomic E-state index is 4.49. The van der Waals surface area contributed by atoms with E-state index >= 15 is 0 Å². The maximum Gasteiger partial charge on any atom is 0.227 e. The fourth-order valence-electron chi connectivity index (χ4n) is 2.18. The number of aromatic nitrogens is 2. The molecule has 0 amide bonds. The fourth-order valence-corrected chi connectivity index (χ4v) is 2.18. The van der Waals surface area contributed by atoms with Crippen molar-refractivity contribution in [2.45, 2.75) is 6.92 Å². The molecule has 0 aliphatic heterocycles. The van der Waals surface area contributed by atoms with Gasteiger partial charge < -0.3 is 5.32 Å². The monoisotopic (exact) mass is 313 g/mol. The summed E-state index contributed by atoms with van der Waals surface area (Å²) in [5.41, 5.74) is 4.23. The normalized spacial score (nSPS) is 11.2. The van der Waals surface area contributed by atoms with Crippen LogP contribution in [-0.4, -0.2) is 9.97 Å². The fraction of sp³-hybridized carbons (Fsp3) is 0.0476. The smallest absolute Gasteiger partial charge is 0.227 e. The van der Waals surface area contributed by atoms with Gasteiger partial charge >= 0.3 is 0 Å². The summed E-state index contributed by atoms with van der Waals surface area (Å²) in [4.78, 5) is 8.75. The Labute approximate surface area is 142 Å². The minimum atomic E-state index is 0.591. The van der Waals surface area contributed by atoms with Gasteiger partial charge in [-0.25, -0.2) is 9.97 Å². The Morgan fingerprint density at radius 1 is 0.833 bits per heavy atom. The van der Waals surface area contributed by atoms with E-state index in [2.05, 4.69) is 52.5 Å². The first-order valence-corrected chi connectivity index (χ1v) is 7.86. The summed E-state index contributed by atoms with van der Waals surface area (Å²) in [6, 6.07) is 20.2. The predicted octanol–water partition coefficient (Wildman–Crippen LogP) is 5.26. The second kappa shape index (κ2) is 7.88. The van der Waals surface area contributed by atoms with Crippen molar-refractivity contribution in [1.82, 2.24) is 9.97 Å². The van der Waals surface area contributed by atoms with Crippen LogP contribution in [0.25, 0.3) is 12.2 Å². The second-order valence-corrected chi connectivity index (χ2v) is 5.43. The number of aryl methyl sites for hydroxylation is 1. The van der Waals surface area contributed by atoms with Gasteiger partial charge in [0, 0.05) is 11.9 Å². The van der Waals surface area contributed by atoms with Crippen LogP contribution in [0.3, 0.4) is 0 Å². The van der Waals surface area contributed by atoms with E-state index < -0.39 is 0 Å². The topological polar surface area (TPSA) is 37.8 Å². The van der Waals surface area contributed by atoms with Gasteiger partial charge in [0.25, 0.3) is 0 Å². The zero-order valence-electron chi connectivity index (χ0n) is 13.6. The van der Waals surface area contributed by atoms with Gasteiger partial charge in [-0.15, -0.1) is 0 Å². The molecule has 0 spiro atoms. The highest BCUT2D eigenvalue weighted by Crippen LogP contribution is 2.14. The van der Waals surface area contributed by atoms with E-state index in [-0.39, 0.29) is 0 Å². The molecule has 0 saturated carbocycles. The summed E-state index contributed by atoms with van der Waals surface area (Å²) in [7, 11) is 0. The first-order valence-electron chi connectivity index (χ1n) is 7.86. The summed E-state index contributed by atoms with van der Waals surface area (Å²) in [5.74, 6) is 0.591. The molecule has 2 aromatic carbocycles. The number of hydrogen-bond acceptors (Lipinski definition) is 3. The Kier molecular flexibility index (Phi) is 5.15. The highest BCUT2D eigenvalue weighted by Gasteiger charge is 1.98. The standard InChI is InChI=1S/C21H19N3/c1-17-11-13-20(14-12-17)24-21-22-16-15-19(23-21)10-6-5-9-18-7-3-2-4-8-18/h2-16H,1H3,(H,22,23,24)/b9-5-,10-6+. The molecule has 3 nitrogen and oxygen atoms in total. The molecule has 0 saturated heterocycles. The Morgan fingerprint density at radius 2 is 1.58 bits per heavy atom. The van der Waals surface area contributed by atoms with Crippen LogP contribution in [0.5, 0.6) is 0 Å². The summed E-state index contributed by atoms with van der Waals surface area (Å²) in [5, 5.41) is 3.21. The molecule has 118 valence electrons. The molecule has 1 heterocycles. The molecule has 0 aliphatic carbocycles. The number of nitrogens with one attached hydrogen (secondary N) is 1. The molecule has 0 bridgehead atoms. The number of benzene rings is 2. The number of rotatable bonds is 5. The van der Waals surface area contributed by atoms with Crippen molar-refractivity contribution < 1.29 is 0 Å². The molecule has 3 rings (SSSR count). The minimum absolute atomic E-state index is 0.591. The minimum Gasteiger partial charge on any atom is -0.324 e. The molecule has 1 N–H and O–H groups in total. The van der Waals surface area contributed by atoms with Crippen LogP contribution >= 0.6 is 0 Å². The van der Waals surface area contributed by atoms with Crippen molar-refractivity contribution in [2.24, 2.45) is 0 Å². The van der Waals surface area contributed by atoms with Crippen molar-refractivity contribution >= 4 is 23.8 Å². The highest BCUT2D eigenvalue weighted by atomic mass is 15.1. The highest BCUT2D eigenvalue weighted by molar-refractivity contribution is 5.58. The van der Waals surface area contributed by atoms with Crippen molar-refractivity contribution in [2.75, 3.05) is 5.32 Å². The van der Waals surface area contributed by atoms with E-state index in [1.165, 1.54) is 11.1 Å². The largest absolute Gasteiger partial charge is 0.324 e. The Morgan fingerprint density at radius 3 is 2.38 bits per heavy atom. The molecule has 3 heteroatoms. The number of hydrogen-bond donors (Lipinski definition) is 1. The van der Waals surface area contributed by atoms with Crippen LogP contribution in [0.2, 0.25) is 0 Å². The molecular weight excluding hydrogens is 294 g/mol. The van der Waals surface area contributed by atoms with Gasteiger partial charge in [-0.2, -0.15) is 0 Å². The zero-order valence-corrected chi connectivity index (χ0v) is 13.6. The summed E-state index contributed by atoms with van der Waals surface area (Å²) < 4.78 is 0. The van der Waals surface area contributed by atoms with Crippen molar-refractivity contribution in [1.29, 1.82) is 0 Å². The number of nitrogens with zero attached hydrogens (tertiary/aromatic N) is 2. The van der Waals surface area contributed by atoms with Gasteiger partial charge in [-0.05, 0) is 36.8 Å². The molecule has 0 radical (unpaired) electrons. The Balaban J connectivity index is 1.65. The SMILES string of the molecule is Cc1ccc(Nc2nccc(/C=C/C=C\c3ccccc3)n2)cc1. The van der Waals surface area contributed by atoms with Crippen molar-refractivity contribution in [3.05, 3.63) is 95.8 Å². The van der Waals surface area contributed by atoms with Gasteiger partial charge in [0.15, 0.2) is 0 Å². The molecule has 1 aromatic heterocycles. The lowest BCUT2D eigenvalue weighted by Crippen LogP contribution is -1.97. The third kappa shape index (κ3) is 4.65. The average molecular weight is 313 g/mol. The summed E-state index contributed by atoms with van der Waals surface area (Å²) in [6.45, 7) is 2.06.